The number of piperidine rings is 1. The van der Waals surface area contributed by atoms with Gasteiger partial charge in [-0.1, -0.05) is 17.7 Å². The maximum absolute atomic E-state index is 11.8. The molecule has 0 N–H and O–H groups in total. The summed E-state index contributed by atoms with van der Waals surface area (Å²) in [6.07, 6.45) is 1.62. The molecule has 0 saturated carbocycles. The Labute approximate surface area is 148 Å². The molecular weight excluding hydrogens is 318 g/mol. The van der Waals surface area contributed by atoms with Crippen molar-refractivity contribution in [3.63, 3.8) is 0 Å². The minimum absolute atomic E-state index is 0.00852. The second-order valence-corrected chi connectivity index (χ2v) is 6.55. The Morgan fingerprint density at radius 1 is 1.28 bits per heavy atom. The Kier molecular flexibility index (Phi) is 5.48. The largest absolute Gasteiger partial charge is 0.466 e. The molecule has 3 rings (SSSR count). The van der Waals surface area contributed by atoms with Crippen LogP contribution in [0, 0.1) is 12.8 Å². The Balaban J connectivity index is 1.62. The van der Waals surface area contributed by atoms with Crippen LogP contribution in [0.3, 0.4) is 0 Å². The zero-order valence-corrected chi connectivity index (χ0v) is 15.1. The highest BCUT2D eigenvalue weighted by Gasteiger charge is 2.30. The van der Waals surface area contributed by atoms with E-state index >= 15 is 0 Å². The normalized spacial score (nSPS) is 17.4. The summed E-state index contributed by atoms with van der Waals surface area (Å²) in [4.78, 5) is 14.1. The van der Waals surface area contributed by atoms with Crippen molar-refractivity contribution in [1.82, 2.24) is 15.1 Å². The lowest BCUT2D eigenvalue weighted by molar-refractivity contribution is -0.149. The van der Waals surface area contributed by atoms with Crippen LogP contribution in [0.5, 0.6) is 0 Å². The van der Waals surface area contributed by atoms with Gasteiger partial charge in [0.15, 0.2) is 0 Å². The molecule has 0 bridgehead atoms. The van der Waals surface area contributed by atoms with Gasteiger partial charge in [0, 0.05) is 5.56 Å². The maximum Gasteiger partial charge on any atom is 0.309 e. The number of rotatable bonds is 5. The Morgan fingerprint density at radius 2 is 1.96 bits per heavy atom. The molecule has 6 heteroatoms. The average Bonchev–Trinajstić information content (AvgIpc) is 3.12. The van der Waals surface area contributed by atoms with E-state index in [-0.39, 0.29) is 17.9 Å². The molecule has 1 fully saturated rings. The molecule has 2 aromatic rings. The third kappa shape index (κ3) is 4.07. The van der Waals surface area contributed by atoms with Gasteiger partial charge in [-0.05, 0) is 58.8 Å². The van der Waals surface area contributed by atoms with Crippen molar-refractivity contribution in [3.05, 3.63) is 35.7 Å². The van der Waals surface area contributed by atoms with Crippen molar-refractivity contribution in [3.8, 4) is 11.5 Å². The molecule has 1 aliphatic rings. The van der Waals surface area contributed by atoms with Crippen LogP contribution in [-0.4, -0.2) is 40.8 Å². The highest BCUT2D eigenvalue weighted by atomic mass is 16.5. The fourth-order valence-electron chi connectivity index (χ4n) is 3.15. The van der Waals surface area contributed by atoms with Gasteiger partial charge in [0.05, 0.1) is 18.6 Å². The zero-order chi connectivity index (χ0) is 17.8. The molecule has 1 aromatic carbocycles. The first kappa shape index (κ1) is 17.6. The van der Waals surface area contributed by atoms with E-state index in [1.165, 1.54) is 5.56 Å². The first-order valence-corrected chi connectivity index (χ1v) is 8.89. The van der Waals surface area contributed by atoms with Crippen molar-refractivity contribution in [1.29, 1.82) is 0 Å². The molecule has 1 atom stereocenters. The molecule has 6 nitrogen and oxygen atoms in total. The molecule has 2 heterocycles. The summed E-state index contributed by atoms with van der Waals surface area (Å²) in [5.74, 6) is 1.09. The highest BCUT2D eigenvalue weighted by Crippen LogP contribution is 2.28. The molecule has 1 saturated heterocycles. The number of hydrogen-bond donors (Lipinski definition) is 0. The second-order valence-electron chi connectivity index (χ2n) is 6.55. The predicted octanol–water partition coefficient (Wildman–Crippen LogP) is 3.38. The number of nitrogens with zero attached hydrogens (tertiary/aromatic N) is 3. The van der Waals surface area contributed by atoms with E-state index in [1.54, 1.807) is 0 Å². The smallest absolute Gasteiger partial charge is 0.309 e. The number of carbonyl (C=O) groups excluding carboxylic acids is 1. The van der Waals surface area contributed by atoms with Gasteiger partial charge in [0.1, 0.15) is 0 Å². The van der Waals surface area contributed by atoms with Gasteiger partial charge in [-0.25, -0.2) is 0 Å². The number of aryl methyl sites for hydroxylation is 1. The Bertz CT molecular complexity index is 703. The van der Waals surface area contributed by atoms with Crippen molar-refractivity contribution in [2.75, 3.05) is 19.7 Å². The standard InChI is InChI=1S/C19H25N3O3/c1-4-24-19(23)16-9-11-22(12-10-16)14(3)17-20-21-18(25-17)15-7-5-13(2)6-8-15/h5-8,14,16H,4,9-12H2,1-3H3/t14-/m0/s1. The summed E-state index contributed by atoms with van der Waals surface area (Å²) in [5, 5.41) is 8.41. The van der Waals surface area contributed by atoms with E-state index in [0.717, 1.165) is 31.5 Å². The summed E-state index contributed by atoms with van der Waals surface area (Å²) >= 11 is 0. The van der Waals surface area contributed by atoms with Crippen LogP contribution in [0.4, 0.5) is 0 Å². The van der Waals surface area contributed by atoms with Gasteiger partial charge >= 0.3 is 5.97 Å². The van der Waals surface area contributed by atoms with Crippen LogP contribution in [0.1, 0.15) is 44.2 Å². The second kappa shape index (κ2) is 7.78. The van der Waals surface area contributed by atoms with Gasteiger partial charge in [0.25, 0.3) is 0 Å². The van der Waals surface area contributed by atoms with Crippen LogP contribution >= 0.6 is 0 Å². The number of aromatic nitrogens is 2. The first-order chi connectivity index (χ1) is 12.1. The number of esters is 1. The summed E-state index contributed by atoms with van der Waals surface area (Å²) in [6.45, 7) is 8.05. The number of likely N-dealkylation sites (tertiary alicyclic amines) is 1. The van der Waals surface area contributed by atoms with E-state index in [4.69, 9.17) is 9.15 Å². The summed E-state index contributed by atoms with van der Waals surface area (Å²) in [7, 11) is 0. The first-order valence-electron chi connectivity index (χ1n) is 8.89. The van der Waals surface area contributed by atoms with Gasteiger partial charge in [0.2, 0.25) is 11.8 Å². The van der Waals surface area contributed by atoms with Gasteiger partial charge in [-0.3, -0.25) is 9.69 Å². The number of hydrogen-bond acceptors (Lipinski definition) is 6. The van der Waals surface area contributed by atoms with Crippen LogP contribution < -0.4 is 0 Å². The van der Waals surface area contributed by atoms with Crippen molar-refractivity contribution >= 4 is 5.97 Å². The third-order valence-corrected chi connectivity index (χ3v) is 4.79. The SMILES string of the molecule is CCOC(=O)C1CCN([C@@H](C)c2nnc(-c3ccc(C)cc3)o2)CC1. The number of ether oxygens (including phenoxy) is 1. The number of benzene rings is 1. The minimum atomic E-state index is -0.0748. The predicted molar refractivity (Wildman–Crippen MR) is 93.8 cm³/mol. The van der Waals surface area contributed by atoms with Gasteiger partial charge < -0.3 is 9.15 Å². The molecular formula is C19H25N3O3. The maximum atomic E-state index is 11.8. The topological polar surface area (TPSA) is 68.5 Å². The summed E-state index contributed by atoms with van der Waals surface area (Å²) in [5.41, 5.74) is 2.12. The van der Waals surface area contributed by atoms with Gasteiger partial charge in [-0.15, -0.1) is 10.2 Å². The van der Waals surface area contributed by atoms with Crippen LogP contribution in [-0.2, 0) is 9.53 Å². The monoisotopic (exact) mass is 343 g/mol. The lowest BCUT2D eigenvalue weighted by Gasteiger charge is -2.33. The highest BCUT2D eigenvalue weighted by molar-refractivity contribution is 5.72. The van der Waals surface area contributed by atoms with Crippen molar-refractivity contribution in [2.45, 2.75) is 39.7 Å². The molecule has 1 aliphatic heterocycles. The fraction of sp³-hybridized carbons (Fsp3) is 0.526. The third-order valence-electron chi connectivity index (χ3n) is 4.79. The quantitative estimate of drug-likeness (QED) is 0.775. The van der Waals surface area contributed by atoms with E-state index in [9.17, 15) is 4.79 Å². The van der Waals surface area contributed by atoms with E-state index in [0.29, 0.717) is 18.4 Å². The molecule has 0 radical (unpaired) electrons. The lowest BCUT2D eigenvalue weighted by Crippen LogP contribution is -2.38. The van der Waals surface area contributed by atoms with Crippen LogP contribution in [0.2, 0.25) is 0 Å². The van der Waals surface area contributed by atoms with E-state index in [1.807, 2.05) is 38.1 Å². The van der Waals surface area contributed by atoms with Gasteiger partial charge in [-0.2, -0.15) is 0 Å². The lowest BCUT2D eigenvalue weighted by atomic mass is 9.96. The van der Waals surface area contributed by atoms with Crippen molar-refractivity contribution < 1.29 is 13.9 Å². The summed E-state index contributed by atoms with van der Waals surface area (Å²) in [6, 6.07) is 8.07. The molecule has 25 heavy (non-hydrogen) atoms. The number of carbonyl (C=O) groups is 1. The molecule has 0 spiro atoms. The zero-order valence-electron chi connectivity index (χ0n) is 15.1. The molecule has 134 valence electrons. The van der Waals surface area contributed by atoms with Crippen LogP contribution in [0.15, 0.2) is 28.7 Å². The molecule has 1 aromatic heterocycles. The van der Waals surface area contributed by atoms with Crippen molar-refractivity contribution in [2.24, 2.45) is 5.92 Å². The van der Waals surface area contributed by atoms with Crippen LogP contribution in [0.25, 0.3) is 11.5 Å². The van der Waals surface area contributed by atoms with E-state index < -0.39 is 0 Å². The molecule has 0 amide bonds. The Morgan fingerprint density at radius 3 is 2.60 bits per heavy atom. The molecule has 0 aliphatic carbocycles. The summed E-state index contributed by atoms with van der Waals surface area (Å²) < 4.78 is 11.0. The minimum Gasteiger partial charge on any atom is -0.466 e. The Hall–Kier alpha value is -2.21. The fourth-order valence-corrected chi connectivity index (χ4v) is 3.15. The van der Waals surface area contributed by atoms with E-state index in [2.05, 4.69) is 22.0 Å². The molecule has 0 unspecified atom stereocenters. The average molecular weight is 343 g/mol.